The summed E-state index contributed by atoms with van der Waals surface area (Å²) < 4.78 is 7.26. The van der Waals surface area contributed by atoms with Crippen molar-refractivity contribution in [1.29, 1.82) is 0 Å². The SMILES string of the molecule is CC[Si](CC)(CC)OC(C)(C)C(Cc1cccc(/C=C/c2ccccc2)c1)Cc1cccc(/C=C/c2ccccc2)c1. The van der Waals surface area contributed by atoms with Crippen molar-refractivity contribution >= 4 is 32.6 Å². The second kappa shape index (κ2) is 15.1. The molecule has 0 N–H and O–H groups in total. The monoisotopic (exact) mass is 572 g/mol. The maximum Gasteiger partial charge on any atom is 0.192 e. The molecule has 218 valence electrons. The Bertz CT molecular complexity index is 1330. The van der Waals surface area contributed by atoms with Crippen LogP contribution in [0.5, 0.6) is 0 Å². The maximum absolute atomic E-state index is 7.26. The highest BCUT2D eigenvalue weighted by Gasteiger charge is 2.39. The van der Waals surface area contributed by atoms with Crippen LogP contribution in [0.4, 0.5) is 0 Å². The molecule has 0 aliphatic heterocycles. The first-order valence-corrected chi connectivity index (χ1v) is 18.2. The van der Waals surface area contributed by atoms with Gasteiger partial charge in [0.05, 0.1) is 5.60 Å². The molecule has 0 spiro atoms. The molecule has 0 aliphatic rings. The smallest absolute Gasteiger partial charge is 0.192 e. The first-order valence-electron chi connectivity index (χ1n) is 15.7. The lowest BCUT2D eigenvalue weighted by Gasteiger charge is -2.43. The van der Waals surface area contributed by atoms with Gasteiger partial charge in [-0.3, -0.25) is 0 Å². The lowest BCUT2D eigenvalue weighted by atomic mass is 9.80. The number of hydrogen-bond acceptors (Lipinski definition) is 1. The highest BCUT2D eigenvalue weighted by molar-refractivity contribution is 6.73. The normalized spacial score (nSPS) is 12.5. The number of benzene rings is 4. The molecule has 4 aromatic carbocycles. The van der Waals surface area contributed by atoms with E-state index in [1.54, 1.807) is 0 Å². The summed E-state index contributed by atoms with van der Waals surface area (Å²) in [7, 11) is -1.79. The second-order valence-corrected chi connectivity index (χ2v) is 16.7. The summed E-state index contributed by atoms with van der Waals surface area (Å²) in [6.45, 7) is 11.7. The Labute approximate surface area is 256 Å². The maximum atomic E-state index is 7.26. The second-order valence-electron chi connectivity index (χ2n) is 12.0. The van der Waals surface area contributed by atoms with Crippen molar-refractivity contribution in [3.63, 3.8) is 0 Å². The molecule has 2 heteroatoms. The van der Waals surface area contributed by atoms with Gasteiger partial charge in [0, 0.05) is 0 Å². The van der Waals surface area contributed by atoms with Gasteiger partial charge in [-0.15, -0.1) is 0 Å². The number of hydrogen-bond donors (Lipinski definition) is 0. The lowest BCUT2D eigenvalue weighted by Crippen LogP contribution is -2.49. The molecule has 0 atom stereocenters. The molecular weight excluding hydrogens is 525 g/mol. The topological polar surface area (TPSA) is 9.23 Å². The largest absolute Gasteiger partial charge is 0.412 e. The molecule has 42 heavy (non-hydrogen) atoms. The Kier molecular flexibility index (Phi) is 11.3. The molecule has 0 saturated heterocycles. The lowest BCUT2D eigenvalue weighted by molar-refractivity contribution is 0.0316. The van der Waals surface area contributed by atoms with E-state index in [1.165, 1.54) is 33.4 Å². The minimum Gasteiger partial charge on any atom is -0.412 e. The summed E-state index contributed by atoms with van der Waals surface area (Å²) in [6, 6.07) is 42.6. The van der Waals surface area contributed by atoms with E-state index in [-0.39, 0.29) is 5.60 Å². The van der Waals surface area contributed by atoms with Crippen LogP contribution >= 0.6 is 0 Å². The van der Waals surface area contributed by atoms with Crippen molar-refractivity contribution in [3.8, 4) is 0 Å². The van der Waals surface area contributed by atoms with Crippen molar-refractivity contribution in [2.75, 3.05) is 0 Å². The van der Waals surface area contributed by atoms with E-state index in [0.29, 0.717) is 5.92 Å². The highest BCUT2D eigenvalue weighted by Crippen LogP contribution is 2.36. The predicted molar refractivity (Wildman–Crippen MR) is 187 cm³/mol. The quantitative estimate of drug-likeness (QED) is 0.108. The minimum atomic E-state index is -1.79. The Morgan fingerprint density at radius 2 is 0.929 bits per heavy atom. The van der Waals surface area contributed by atoms with Gasteiger partial charge in [-0.2, -0.15) is 0 Å². The molecule has 1 nitrogen and oxygen atoms in total. The Morgan fingerprint density at radius 1 is 0.548 bits per heavy atom. The summed E-state index contributed by atoms with van der Waals surface area (Å²) in [4.78, 5) is 0. The molecule has 0 bridgehead atoms. The van der Waals surface area contributed by atoms with E-state index in [1.807, 2.05) is 0 Å². The Morgan fingerprint density at radius 3 is 1.33 bits per heavy atom. The summed E-state index contributed by atoms with van der Waals surface area (Å²) >= 11 is 0. The average Bonchev–Trinajstić information content (AvgIpc) is 3.03. The van der Waals surface area contributed by atoms with Crippen LogP contribution < -0.4 is 0 Å². The van der Waals surface area contributed by atoms with Crippen molar-refractivity contribution < 1.29 is 4.43 Å². The molecule has 0 unspecified atom stereocenters. The van der Waals surface area contributed by atoms with Gasteiger partial charge in [0.1, 0.15) is 0 Å². The zero-order valence-corrected chi connectivity index (χ0v) is 27.2. The molecule has 4 rings (SSSR count). The zero-order valence-electron chi connectivity index (χ0n) is 26.2. The van der Waals surface area contributed by atoms with Crippen LogP contribution in [0.2, 0.25) is 18.1 Å². The summed E-state index contributed by atoms with van der Waals surface area (Å²) in [6.07, 6.45) is 10.8. The van der Waals surface area contributed by atoms with Gasteiger partial charge in [-0.1, -0.05) is 154 Å². The molecular formula is C40H48OSi. The summed E-state index contributed by atoms with van der Waals surface area (Å²) in [5.41, 5.74) is 7.41. The van der Waals surface area contributed by atoms with E-state index in [9.17, 15) is 0 Å². The van der Waals surface area contributed by atoms with Gasteiger partial charge < -0.3 is 4.43 Å². The van der Waals surface area contributed by atoms with E-state index in [2.05, 4.69) is 168 Å². The third-order valence-electron chi connectivity index (χ3n) is 8.80. The van der Waals surface area contributed by atoms with Crippen molar-refractivity contribution in [1.82, 2.24) is 0 Å². The third-order valence-corrected chi connectivity index (χ3v) is 13.6. The van der Waals surface area contributed by atoms with Crippen molar-refractivity contribution in [2.24, 2.45) is 5.92 Å². The zero-order chi connectivity index (χ0) is 29.8. The Hall–Kier alpha value is -3.46. The highest BCUT2D eigenvalue weighted by atomic mass is 28.4. The van der Waals surface area contributed by atoms with E-state index >= 15 is 0 Å². The molecule has 0 fully saturated rings. The van der Waals surface area contributed by atoms with E-state index in [0.717, 1.165) is 31.0 Å². The van der Waals surface area contributed by atoms with Crippen molar-refractivity contribution in [3.05, 3.63) is 143 Å². The van der Waals surface area contributed by atoms with Gasteiger partial charge in [0.15, 0.2) is 8.32 Å². The fraction of sp³-hybridized carbons (Fsp3) is 0.300. The van der Waals surface area contributed by atoms with E-state index < -0.39 is 8.32 Å². The molecule has 0 aromatic heterocycles. The van der Waals surface area contributed by atoms with Gasteiger partial charge in [0.25, 0.3) is 0 Å². The van der Waals surface area contributed by atoms with Crippen LogP contribution in [0, 0.1) is 5.92 Å². The third kappa shape index (κ3) is 9.02. The predicted octanol–water partition coefficient (Wildman–Crippen LogP) is 11.2. The van der Waals surface area contributed by atoms with Gasteiger partial charge >= 0.3 is 0 Å². The number of rotatable bonds is 14. The fourth-order valence-electron chi connectivity index (χ4n) is 5.90. The molecule has 0 amide bonds. The fourth-order valence-corrected chi connectivity index (χ4v) is 9.12. The molecule has 0 saturated carbocycles. The molecule has 0 radical (unpaired) electrons. The minimum absolute atomic E-state index is 0.236. The van der Waals surface area contributed by atoms with Crippen LogP contribution in [-0.2, 0) is 17.3 Å². The van der Waals surface area contributed by atoms with Crippen LogP contribution in [0.1, 0.15) is 68.0 Å². The first-order chi connectivity index (χ1) is 20.3. The van der Waals surface area contributed by atoms with Crippen molar-refractivity contribution in [2.45, 2.75) is 71.2 Å². The van der Waals surface area contributed by atoms with Crippen LogP contribution in [-0.4, -0.2) is 13.9 Å². The summed E-state index contributed by atoms with van der Waals surface area (Å²) in [5, 5.41) is 0. The molecule has 4 aromatic rings. The standard InChI is InChI=1S/C40H48OSi/c1-6-42(7-2,8-3)41-40(4,5)39(31-37-23-15-21-35(29-37)27-25-33-17-11-9-12-18-33)32-38-24-16-22-36(30-38)28-26-34-19-13-10-14-20-34/h9-30,39H,6-8,31-32H2,1-5H3/b27-25+,28-26+. The van der Waals surface area contributed by atoms with E-state index in [4.69, 9.17) is 4.43 Å². The van der Waals surface area contributed by atoms with Crippen LogP contribution in [0.15, 0.2) is 109 Å². The first kappa shape index (κ1) is 31.5. The average molecular weight is 573 g/mol. The summed E-state index contributed by atoms with van der Waals surface area (Å²) in [5.74, 6) is 0.343. The van der Waals surface area contributed by atoms with Gasteiger partial charge in [-0.25, -0.2) is 0 Å². The van der Waals surface area contributed by atoms with Crippen LogP contribution in [0.25, 0.3) is 24.3 Å². The molecule has 0 aliphatic carbocycles. The Balaban J connectivity index is 1.61. The molecule has 0 heterocycles. The van der Waals surface area contributed by atoms with Gasteiger partial charge in [-0.05, 0) is 84.1 Å². The van der Waals surface area contributed by atoms with Gasteiger partial charge in [0.2, 0.25) is 0 Å². The van der Waals surface area contributed by atoms with Crippen LogP contribution in [0.3, 0.4) is 0 Å².